The molecule has 0 bridgehead atoms. The molecule has 0 fully saturated rings. The van der Waals surface area contributed by atoms with E-state index in [0.717, 1.165) is 24.2 Å². The third kappa shape index (κ3) is 3.74. The first-order valence-corrected chi connectivity index (χ1v) is 7.70. The van der Waals surface area contributed by atoms with Crippen molar-refractivity contribution in [2.75, 3.05) is 11.4 Å². The Hall–Kier alpha value is -1.58. The van der Waals surface area contributed by atoms with Crippen molar-refractivity contribution in [3.8, 4) is 0 Å². The van der Waals surface area contributed by atoms with Crippen LogP contribution in [0.15, 0.2) is 42.5 Å². The molecule has 21 heavy (non-hydrogen) atoms. The van der Waals surface area contributed by atoms with Crippen LogP contribution in [0.25, 0.3) is 0 Å². The predicted octanol–water partition coefficient (Wildman–Crippen LogP) is 4.31. The number of hydrogen-bond donors (Lipinski definition) is 1. The molecular formula is C17H19ClN2S. The maximum absolute atomic E-state index is 6.36. The highest BCUT2D eigenvalue weighted by atomic mass is 35.5. The Labute approximate surface area is 136 Å². The lowest BCUT2D eigenvalue weighted by atomic mass is 10.1. The molecule has 0 aliphatic rings. The van der Waals surface area contributed by atoms with Crippen molar-refractivity contribution in [3.05, 3.63) is 64.2 Å². The van der Waals surface area contributed by atoms with E-state index in [9.17, 15) is 0 Å². The number of nitrogens with zero attached hydrogens (tertiary/aromatic N) is 1. The SMILES string of the molecule is CCN(Cc1ccc(C(N)=S)cc1Cl)c1ccccc1C. The first-order chi connectivity index (χ1) is 10.0. The molecule has 0 spiro atoms. The summed E-state index contributed by atoms with van der Waals surface area (Å²) >= 11 is 11.3. The standard InChI is InChI=1S/C17H19ClN2S/c1-3-20(16-7-5-4-6-12(16)2)11-14-9-8-13(17(19)21)10-15(14)18/h4-10H,3,11H2,1-2H3,(H2,19,21). The Bertz CT molecular complexity index is 655. The van der Waals surface area contributed by atoms with Gasteiger partial charge in [0, 0.05) is 29.4 Å². The maximum Gasteiger partial charge on any atom is 0.104 e. The van der Waals surface area contributed by atoms with Crippen molar-refractivity contribution in [1.82, 2.24) is 0 Å². The Morgan fingerprint density at radius 2 is 1.95 bits per heavy atom. The fourth-order valence-corrected chi connectivity index (χ4v) is 2.69. The topological polar surface area (TPSA) is 29.3 Å². The number of hydrogen-bond acceptors (Lipinski definition) is 2. The Balaban J connectivity index is 2.27. The largest absolute Gasteiger partial charge is 0.389 e. The summed E-state index contributed by atoms with van der Waals surface area (Å²) in [5.74, 6) is 0. The number of aryl methyl sites for hydroxylation is 1. The van der Waals surface area contributed by atoms with E-state index < -0.39 is 0 Å². The minimum atomic E-state index is 0.370. The molecule has 0 amide bonds. The van der Waals surface area contributed by atoms with E-state index in [-0.39, 0.29) is 0 Å². The smallest absolute Gasteiger partial charge is 0.104 e. The van der Waals surface area contributed by atoms with Gasteiger partial charge in [-0.05, 0) is 37.1 Å². The average Bonchev–Trinajstić information content (AvgIpc) is 2.47. The van der Waals surface area contributed by atoms with Crippen LogP contribution in [-0.2, 0) is 6.54 Å². The highest BCUT2D eigenvalue weighted by Gasteiger charge is 2.11. The zero-order valence-corrected chi connectivity index (χ0v) is 13.8. The summed E-state index contributed by atoms with van der Waals surface area (Å²) in [6.07, 6.45) is 0. The summed E-state index contributed by atoms with van der Waals surface area (Å²) in [5.41, 5.74) is 10.00. The first-order valence-electron chi connectivity index (χ1n) is 6.91. The lowest BCUT2D eigenvalue weighted by Crippen LogP contribution is -2.23. The molecule has 2 aromatic carbocycles. The molecule has 0 aliphatic carbocycles. The highest BCUT2D eigenvalue weighted by Crippen LogP contribution is 2.25. The van der Waals surface area contributed by atoms with E-state index >= 15 is 0 Å². The Morgan fingerprint density at radius 1 is 1.24 bits per heavy atom. The number of anilines is 1. The minimum Gasteiger partial charge on any atom is -0.389 e. The van der Waals surface area contributed by atoms with Gasteiger partial charge < -0.3 is 10.6 Å². The fourth-order valence-electron chi connectivity index (χ4n) is 2.32. The molecule has 4 heteroatoms. The van der Waals surface area contributed by atoms with Crippen molar-refractivity contribution in [3.63, 3.8) is 0 Å². The van der Waals surface area contributed by atoms with Crippen LogP contribution < -0.4 is 10.6 Å². The van der Waals surface area contributed by atoms with Crippen LogP contribution in [0.5, 0.6) is 0 Å². The molecule has 0 aromatic heterocycles. The van der Waals surface area contributed by atoms with E-state index in [0.29, 0.717) is 10.0 Å². The maximum atomic E-state index is 6.36. The van der Waals surface area contributed by atoms with E-state index in [2.05, 4.69) is 43.0 Å². The third-order valence-electron chi connectivity index (χ3n) is 3.54. The number of halogens is 1. The fraction of sp³-hybridized carbons (Fsp3) is 0.235. The molecule has 2 N–H and O–H groups in total. The molecule has 0 saturated carbocycles. The second-order valence-electron chi connectivity index (χ2n) is 4.97. The monoisotopic (exact) mass is 318 g/mol. The Kier molecular flexibility index (Phi) is 5.21. The van der Waals surface area contributed by atoms with Crippen LogP contribution in [0.1, 0.15) is 23.6 Å². The summed E-state index contributed by atoms with van der Waals surface area (Å²) in [6, 6.07) is 14.1. The van der Waals surface area contributed by atoms with Gasteiger partial charge in [-0.3, -0.25) is 0 Å². The molecule has 0 radical (unpaired) electrons. The van der Waals surface area contributed by atoms with Gasteiger partial charge in [0.2, 0.25) is 0 Å². The van der Waals surface area contributed by atoms with Crippen LogP contribution in [0.3, 0.4) is 0 Å². The normalized spacial score (nSPS) is 10.4. The third-order valence-corrected chi connectivity index (χ3v) is 4.12. The minimum absolute atomic E-state index is 0.370. The summed E-state index contributed by atoms with van der Waals surface area (Å²) in [7, 11) is 0. The second-order valence-corrected chi connectivity index (χ2v) is 5.82. The lowest BCUT2D eigenvalue weighted by Gasteiger charge is -2.25. The number of rotatable bonds is 5. The van der Waals surface area contributed by atoms with E-state index in [4.69, 9.17) is 29.6 Å². The van der Waals surface area contributed by atoms with Gasteiger partial charge in [0.15, 0.2) is 0 Å². The second kappa shape index (κ2) is 6.92. The van der Waals surface area contributed by atoms with E-state index in [1.165, 1.54) is 11.3 Å². The summed E-state index contributed by atoms with van der Waals surface area (Å²) in [6.45, 7) is 5.94. The zero-order chi connectivity index (χ0) is 15.4. The number of nitrogens with two attached hydrogens (primary N) is 1. The lowest BCUT2D eigenvalue weighted by molar-refractivity contribution is 0.828. The quantitative estimate of drug-likeness (QED) is 0.833. The predicted molar refractivity (Wildman–Crippen MR) is 95.2 cm³/mol. The van der Waals surface area contributed by atoms with Crippen molar-refractivity contribution in [1.29, 1.82) is 0 Å². The van der Waals surface area contributed by atoms with Crippen LogP contribution in [-0.4, -0.2) is 11.5 Å². The van der Waals surface area contributed by atoms with Gasteiger partial charge in [-0.1, -0.05) is 54.2 Å². The summed E-state index contributed by atoms with van der Waals surface area (Å²) in [5, 5.41) is 0.701. The van der Waals surface area contributed by atoms with Crippen molar-refractivity contribution >= 4 is 34.5 Å². The van der Waals surface area contributed by atoms with Crippen molar-refractivity contribution < 1.29 is 0 Å². The number of para-hydroxylation sites is 1. The van der Waals surface area contributed by atoms with E-state index in [1.54, 1.807) is 0 Å². The summed E-state index contributed by atoms with van der Waals surface area (Å²) in [4.78, 5) is 2.67. The molecule has 2 nitrogen and oxygen atoms in total. The molecule has 0 atom stereocenters. The molecule has 0 unspecified atom stereocenters. The molecule has 2 aromatic rings. The van der Waals surface area contributed by atoms with Crippen LogP contribution in [0.4, 0.5) is 5.69 Å². The van der Waals surface area contributed by atoms with Crippen LogP contribution >= 0.6 is 23.8 Å². The van der Waals surface area contributed by atoms with Gasteiger partial charge in [0.05, 0.1) is 0 Å². The van der Waals surface area contributed by atoms with Crippen molar-refractivity contribution in [2.45, 2.75) is 20.4 Å². The van der Waals surface area contributed by atoms with Gasteiger partial charge in [0.1, 0.15) is 4.99 Å². The van der Waals surface area contributed by atoms with Crippen LogP contribution in [0, 0.1) is 6.92 Å². The highest BCUT2D eigenvalue weighted by molar-refractivity contribution is 7.80. The first kappa shape index (κ1) is 15.8. The van der Waals surface area contributed by atoms with Gasteiger partial charge in [0.25, 0.3) is 0 Å². The Morgan fingerprint density at radius 3 is 2.52 bits per heavy atom. The number of benzene rings is 2. The molecule has 0 aliphatic heterocycles. The molecule has 0 saturated heterocycles. The van der Waals surface area contributed by atoms with Gasteiger partial charge >= 0.3 is 0 Å². The number of thiocarbonyl (C=S) groups is 1. The average molecular weight is 319 g/mol. The van der Waals surface area contributed by atoms with Gasteiger partial charge in [-0.25, -0.2) is 0 Å². The zero-order valence-electron chi connectivity index (χ0n) is 12.3. The van der Waals surface area contributed by atoms with E-state index in [1.807, 2.05) is 18.2 Å². The molecular weight excluding hydrogens is 300 g/mol. The molecule has 110 valence electrons. The van der Waals surface area contributed by atoms with Crippen LogP contribution in [0.2, 0.25) is 5.02 Å². The van der Waals surface area contributed by atoms with Gasteiger partial charge in [-0.2, -0.15) is 0 Å². The molecule has 0 heterocycles. The van der Waals surface area contributed by atoms with Gasteiger partial charge in [-0.15, -0.1) is 0 Å². The van der Waals surface area contributed by atoms with Crippen molar-refractivity contribution in [2.24, 2.45) is 5.73 Å². The molecule has 2 rings (SSSR count). The summed E-state index contributed by atoms with van der Waals surface area (Å²) < 4.78 is 0.